The van der Waals surface area contributed by atoms with Crippen LogP contribution in [0.1, 0.15) is 45.4 Å². The van der Waals surface area contributed by atoms with Gasteiger partial charge in [-0.15, -0.1) is 0 Å². The van der Waals surface area contributed by atoms with Crippen LogP contribution in [0.3, 0.4) is 0 Å². The Balaban J connectivity index is 2.26. The number of rotatable bonds is 5. The third-order valence-corrected chi connectivity index (χ3v) is 2.98. The summed E-state index contributed by atoms with van der Waals surface area (Å²) in [6.07, 6.45) is 6.62. The van der Waals surface area contributed by atoms with Gasteiger partial charge in [0.15, 0.2) is 11.5 Å². The number of hydrogen-bond donors (Lipinski definition) is 1. The Hall–Kier alpha value is -2.09. The molecule has 0 aliphatic rings. The second-order valence-corrected chi connectivity index (χ2v) is 4.48. The van der Waals surface area contributed by atoms with Crippen LogP contribution < -0.4 is 5.73 Å². The van der Waals surface area contributed by atoms with Gasteiger partial charge >= 0.3 is 0 Å². The Morgan fingerprint density at radius 2 is 2.11 bits per heavy atom. The number of nitrogens with zero attached hydrogens (tertiary/aromatic N) is 4. The first-order chi connectivity index (χ1) is 9.26. The predicted molar refractivity (Wildman–Crippen MR) is 76.4 cm³/mol. The molecule has 2 rings (SSSR count). The topological polar surface area (TPSA) is 69.6 Å². The molecule has 100 valence electrons. The molecule has 0 unspecified atom stereocenters. The quantitative estimate of drug-likeness (QED) is 0.659. The summed E-state index contributed by atoms with van der Waals surface area (Å²) in [5, 5.41) is 0. The van der Waals surface area contributed by atoms with E-state index in [4.69, 9.17) is 5.73 Å². The van der Waals surface area contributed by atoms with Crippen molar-refractivity contribution in [3.63, 3.8) is 0 Å². The van der Waals surface area contributed by atoms with E-state index in [1.54, 1.807) is 13.3 Å². The van der Waals surface area contributed by atoms with E-state index in [9.17, 15) is 0 Å². The summed E-state index contributed by atoms with van der Waals surface area (Å²) in [5.41, 5.74) is 7.33. The van der Waals surface area contributed by atoms with Crippen molar-refractivity contribution < 1.29 is 0 Å². The van der Waals surface area contributed by atoms with Gasteiger partial charge in [0.25, 0.3) is 0 Å². The normalized spacial score (nSPS) is 10.4. The van der Waals surface area contributed by atoms with E-state index in [2.05, 4.69) is 33.7 Å². The molecule has 0 aliphatic heterocycles. The molecule has 0 spiro atoms. The van der Waals surface area contributed by atoms with E-state index in [-0.39, 0.29) is 0 Å². The van der Waals surface area contributed by atoms with Gasteiger partial charge in [-0.25, -0.2) is 15.0 Å². The Morgan fingerprint density at radius 3 is 2.84 bits per heavy atom. The van der Waals surface area contributed by atoms with E-state index < -0.39 is 0 Å². The minimum Gasteiger partial charge on any atom is -0.382 e. The first-order valence-electron chi connectivity index (χ1n) is 6.67. The molecule has 0 saturated carbocycles. The number of hydrogen-bond acceptors (Lipinski definition) is 4. The molecule has 0 atom stereocenters. The molecular weight excluding hydrogens is 238 g/mol. The fourth-order valence-electron chi connectivity index (χ4n) is 2.01. The standard InChI is InChI=1S/C14H19N5/c1-3-5-6-7-9-19-10-16-12-13(15)17-11(8-4-2)18-14(12)19/h10H,3,5-7,9H2,1-2H3,(H2,15,17,18). The lowest BCUT2D eigenvalue weighted by Crippen LogP contribution is -2.02. The average molecular weight is 257 g/mol. The molecule has 5 nitrogen and oxygen atoms in total. The van der Waals surface area contributed by atoms with Crippen LogP contribution in [0.4, 0.5) is 5.82 Å². The van der Waals surface area contributed by atoms with Gasteiger partial charge in [-0.1, -0.05) is 32.1 Å². The number of aromatic nitrogens is 4. The zero-order chi connectivity index (χ0) is 13.7. The lowest BCUT2D eigenvalue weighted by molar-refractivity contribution is 0.589. The first kappa shape index (κ1) is 13.3. The lowest BCUT2D eigenvalue weighted by Gasteiger charge is -2.03. The van der Waals surface area contributed by atoms with Gasteiger partial charge in [0.2, 0.25) is 5.82 Å². The van der Waals surface area contributed by atoms with Crippen LogP contribution in [0.2, 0.25) is 0 Å². The molecule has 19 heavy (non-hydrogen) atoms. The minimum absolute atomic E-state index is 0.398. The molecule has 0 amide bonds. The maximum atomic E-state index is 5.88. The fraction of sp³-hybridized carbons (Fsp3) is 0.500. The van der Waals surface area contributed by atoms with Crippen LogP contribution in [-0.2, 0) is 6.54 Å². The van der Waals surface area contributed by atoms with Crippen LogP contribution in [0.25, 0.3) is 11.2 Å². The molecule has 2 heterocycles. The summed E-state index contributed by atoms with van der Waals surface area (Å²) in [7, 11) is 0. The van der Waals surface area contributed by atoms with Crippen molar-refractivity contribution in [3.05, 3.63) is 12.2 Å². The van der Waals surface area contributed by atoms with Gasteiger partial charge in [0.05, 0.1) is 6.33 Å². The van der Waals surface area contributed by atoms with Crippen molar-refractivity contribution in [2.45, 2.75) is 46.1 Å². The number of unbranched alkanes of at least 4 members (excludes halogenated alkanes) is 3. The third kappa shape index (κ3) is 3.02. The second kappa shape index (κ2) is 6.19. The molecule has 2 N–H and O–H groups in total. The van der Waals surface area contributed by atoms with Crippen LogP contribution >= 0.6 is 0 Å². The molecule has 0 radical (unpaired) electrons. The number of nitrogens with two attached hydrogens (primary N) is 1. The van der Waals surface area contributed by atoms with E-state index in [1.165, 1.54) is 19.3 Å². The van der Waals surface area contributed by atoms with Crippen LogP contribution in [0, 0.1) is 11.8 Å². The highest BCUT2D eigenvalue weighted by atomic mass is 15.1. The molecule has 0 saturated heterocycles. The van der Waals surface area contributed by atoms with Gasteiger partial charge in [-0.3, -0.25) is 0 Å². The van der Waals surface area contributed by atoms with Gasteiger partial charge in [0.1, 0.15) is 5.52 Å². The van der Waals surface area contributed by atoms with Crippen molar-refractivity contribution in [3.8, 4) is 11.8 Å². The van der Waals surface area contributed by atoms with E-state index in [1.807, 2.05) is 4.57 Å². The molecule has 2 aromatic heterocycles. The SMILES string of the molecule is CC#Cc1nc(N)c2ncn(CCCCCC)c2n1. The average Bonchev–Trinajstić information content (AvgIpc) is 2.79. The Kier molecular flexibility index (Phi) is 4.35. The highest BCUT2D eigenvalue weighted by Gasteiger charge is 2.09. The molecule has 5 heteroatoms. The van der Waals surface area contributed by atoms with E-state index >= 15 is 0 Å². The van der Waals surface area contributed by atoms with Gasteiger partial charge in [-0.05, 0) is 19.3 Å². The van der Waals surface area contributed by atoms with Crippen molar-refractivity contribution in [2.24, 2.45) is 0 Å². The van der Waals surface area contributed by atoms with Gasteiger partial charge < -0.3 is 10.3 Å². The highest BCUT2D eigenvalue weighted by Crippen LogP contribution is 2.16. The van der Waals surface area contributed by atoms with Crippen LogP contribution in [-0.4, -0.2) is 19.5 Å². The van der Waals surface area contributed by atoms with E-state index in [0.29, 0.717) is 17.2 Å². The second-order valence-electron chi connectivity index (χ2n) is 4.48. The van der Waals surface area contributed by atoms with Crippen molar-refractivity contribution in [2.75, 3.05) is 5.73 Å². The molecular formula is C14H19N5. The van der Waals surface area contributed by atoms with Crippen molar-refractivity contribution in [1.82, 2.24) is 19.5 Å². The summed E-state index contributed by atoms with van der Waals surface area (Å²) >= 11 is 0. The summed E-state index contributed by atoms with van der Waals surface area (Å²) in [6, 6.07) is 0. The summed E-state index contributed by atoms with van der Waals surface area (Å²) in [5.74, 6) is 6.49. The minimum atomic E-state index is 0.398. The van der Waals surface area contributed by atoms with Gasteiger partial charge in [0, 0.05) is 6.54 Å². The van der Waals surface area contributed by atoms with Crippen LogP contribution in [0.5, 0.6) is 0 Å². The smallest absolute Gasteiger partial charge is 0.208 e. The Morgan fingerprint density at radius 1 is 1.26 bits per heavy atom. The lowest BCUT2D eigenvalue weighted by atomic mass is 10.2. The maximum absolute atomic E-state index is 5.88. The summed E-state index contributed by atoms with van der Waals surface area (Å²) in [4.78, 5) is 12.8. The third-order valence-electron chi connectivity index (χ3n) is 2.98. The highest BCUT2D eigenvalue weighted by molar-refractivity contribution is 5.81. The molecule has 0 aliphatic carbocycles. The van der Waals surface area contributed by atoms with E-state index in [0.717, 1.165) is 18.6 Å². The number of imidazole rings is 1. The molecule has 0 aromatic carbocycles. The fourth-order valence-corrected chi connectivity index (χ4v) is 2.01. The number of fused-ring (bicyclic) bond motifs is 1. The van der Waals surface area contributed by atoms with Crippen LogP contribution in [0.15, 0.2) is 6.33 Å². The molecule has 0 fully saturated rings. The maximum Gasteiger partial charge on any atom is 0.208 e. The zero-order valence-electron chi connectivity index (χ0n) is 11.5. The largest absolute Gasteiger partial charge is 0.382 e. The Bertz CT molecular complexity index is 618. The van der Waals surface area contributed by atoms with Crippen molar-refractivity contribution >= 4 is 17.0 Å². The monoisotopic (exact) mass is 257 g/mol. The van der Waals surface area contributed by atoms with Gasteiger partial charge in [-0.2, -0.15) is 0 Å². The Labute approximate surface area is 113 Å². The summed E-state index contributed by atoms with van der Waals surface area (Å²) < 4.78 is 2.03. The van der Waals surface area contributed by atoms with Crippen molar-refractivity contribution in [1.29, 1.82) is 0 Å². The zero-order valence-corrected chi connectivity index (χ0v) is 11.5. The molecule has 0 bridgehead atoms. The molecule has 2 aromatic rings. The predicted octanol–water partition coefficient (Wildman–Crippen LogP) is 2.36. The number of aryl methyl sites for hydroxylation is 1. The number of nitrogen functional groups attached to an aromatic ring is 1. The first-order valence-corrected chi connectivity index (χ1v) is 6.67. The number of anilines is 1. The summed E-state index contributed by atoms with van der Waals surface area (Å²) in [6.45, 7) is 4.87.